The zero-order valence-electron chi connectivity index (χ0n) is 6.84. The lowest BCUT2D eigenvalue weighted by molar-refractivity contribution is 0.267. The quantitative estimate of drug-likeness (QED) is 0.583. The molecule has 0 aromatic carbocycles. The fraction of sp³-hybridized carbons (Fsp3) is 1.00. The molecular formula is C9H18O. The molecule has 0 heterocycles. The molecule has 0 bridgehead atoms. The first kappa shape index (κ1) is 8.06. The van der Waals surface area contributed by atoms with Crippen LogP contribution in [0.2, 0.25) is 0 Å². The van der Waals surface area contributed by atoms with Gasteiger partial charge in [0.25, 0.3) is 0 Å². The number of rotatable bonds is 5. The van der Waals surface area contributed by atoms with Crippen LogP contribution in [0.5, 0.6) is 0 Å². The molecule has 0 aliphatic heterocycles. The molecule has 0 radical (unpaired) electrons. The minimum atomic E-state index is 0.427. The Bertz CT molecular complexity index is 90.7. The number of hydrogen-bond acceptors (Lipinski definition) is 1. The molecule has 0 unspecified atom stereocenters. The Morgan fingerprint density at radius 2 is 2.10 bits per heavy atom. The van der Waals surface area contributed by atoms with E-state index in [0.29, 0.717) is 12.5 Å². The predicted molar refractivity (Wildman–Crippen MR) is 42.8 cm³/mol. The fourth-order valence-corrected chi connectivity index (χ4v) is 1.54. The van der Waals surface area contributed by atoms with Gasteiger partial charge in [0.05, 0.1) is 0 Å². The van der Waals surface area contributed by atoms with Gasteiger partial charge in [0.15, 0.2) is 0 Å². The molecule has 1 aliphatic rings. The van der Waals surface area contributed by atoms with Crippen molar-refractivity contribution in [1.29, 1.82) is 0 Å². The Kier molecular flexibility index (Phi) is 3.20. The lowest BCUT2D eigenvalue weighted by Crippen LogP contribution is -1.88. The van der Waals surface area contributed by atoms with Crippen molar-refractivity contribution in [3.05, 3.63) is 0 Å². The minimum absolute atomic E-state index is 0.427. The van der Waals surface area contributed by atoms with Crippen LogP contribution in [0.4, 0.5) is 0 Å². The van der Waals surface area contributed by atoms with Gasteiger partial charge in [0.1, 0.15) is 0 Å². The van der Waals surface area contributed by atoms with Crippen molar-refractivity contribution in [1.82, 2.24) is 0 Å². The van der Waals surface area contributed by atoms with Crippen LogP contribution in [-0.2, 0) is 0 Å². The van der Waals surface area contributed by atoms with Crippen LogP contribution in [-0.4, -0.2) is 11.7 Å². The van der Waals surface area contributed by atoms with E-state index in [2.05, 4.69) is 6.92 Å². The smallest absolute Gasteiger partial charge is 0.0462 e. The molecule has 1 aliphatic carbocycles. The Morgan fingerprint density at radius 3 is 2.60 bits per heavy atom. The fourth-order valence-electron chi connectivity index (χ4n) is 1.54. The van der Waals surface area contributed by atoms with Gasteiger partial charge in [0.2, 0.25) is 0 Å². The summed E-state index contributed by atoms with van der Waals surface area (Å²) in [6.07, 6.45) is 6.71. The average Bonchev–Trinajstić information content (AvgIpc) is 2.68. The van der Waals surface area contributed by atoms with Gasteiger partial charge < -0.3 is 5.11 Å². The molecule has 2 atom stereocenters. The van der Waals surface area contributed by atoms with Crippen LogP contribution in [0, 0.1) is 11.8 Å². The van der Waals surface area contributed by atoms with Crippen LogP contribution in [0.3, 0.4) is 0 Å². The van der Waals surface area contributed by atoms with Gasteiger partial charge in [-0.05, 0) is 18.3 Å². The van der Waals surface area contributed by atoms with E-state index >= 15 is 0 Å². The Labute approximate surface area is 63.4 Å². The van der Waals surface area contributed by atoms with Crippen molar-refractivity contribution in [2.45, 2.75) is 39.0 Å². The van der Waals surface area contributed by atoms with E-state index in [-0.39, 0.29) is 0 Å². The highest BCUT2D eigenvalue weighted by Crippen LogP contribution is 2.41. The third-order valence-corrected chi connectivity index (χ3v) is 2.48. The van der Waals surface area contributed by atoms with Crippen LogP contribution in [0.15, 0.2) is 0 Å². The van der Waals surface area contributed by atoms with E-state index in [4.69, 9.17) is 5.11 Å². The summed E-state index contributed by atoms with van der Waals surface area (Å²) < 4.78 is 0. The molecular weight excluding hydrogens is 124 g/mol. The maximum atomic E-state index is 8.73. The van der Waals surface area contributed by atoms with Crippen LogP contribution in [0.25, 0.3) is 0 Å². The molecule has 0 aromatic rings. The Morgan fingerprint density at radius 1 is 1.30 bits per heavy atom. The van der Waals surface area contributed by atoms with E-state index < -0.39 is 0 Å². The summed E-state index contributed by atoms with van der Waals surface area (Å²) >= 11 is 0. The minimum Gasteiger partial charge on any atom is -0.396 e. The van der Waals surface area contributed by atoms with Crippen molar-refractivity contribution in [2.75, 3.05) is 6.61 Å². The van der Waals surface area contributed by atoms with Crippen molar-refractivity contribution in [3.8, 4) is 0 Å². The first-order valence-corrected chi connectivity index (χ1v) is 4.49. The summed E-state index contributed by atoms with van der Waals surface area (Å²) in [6, 6.07) is 0. The molecule has 0 amide bonds. The van der Waals surface area contributed by atoms with Crippen molar-refractivity contribution < 1.29 is 5.11 Å². The van der Waals surface area contributed by atoms with Gasteiger partial charge in [-0.2, -0.15) is 0 Å². The molecule has 1 heteroatoms. The monoisotopic (exact) mass is 142 g/mol. The summed E-state index contributed by atoms with van der Waals surface area (Å²) in [5.41, 5.74) is 0. The molecule has 1 fully saturated rings. The maximum Gasteiger partial charge on any atom is 0.0462 e. The highest BCUT2D eigenvalue weighted by atomic mass is 16.3. The summed E-state index contributed by atoms with van der Waals surface area (Å²) in [7, 11) is 0. The number of aliphatic hydroxyl groups is 1. The van der Waals surface area contributed by atoms with Crippen LogP contribution >= 0.6 is 0 Å². The molecule has 0 saturated heterocycles. The zero-order chi connectivity index (χ0) is 7.40. The van der Waals surface area contributed by atoms with Gasteiger partial charge >= 0.3 is 0 Å². The van der Waals surface area contributed by atoms with Crippen molar-refractivity contribution in [3.63, 3.8) is 0 Å². The maximum absolute atomic E-state index is 8.73. The van der Waals surface area contributed by atoms with Gasteiger partial charge in [-0.3, -0.25) is 0 Å². The third kappa shape index (κ3) is 2.30. The normalized spacial score (nSPS) is 30.6. The van der Waals surface area contributed by atoms with Crippen molar-refractivity contribution >= 4 is 0 Å². The van der Waals surface area contributed by atoms with Gasteiger partial charge in [-0.1, -0.05) is 32.6 Å². The Hall–Kier alpha value is -0.0400. The van der Waals surface area contributed by atoms with Crippen molar-refractivity contribution in [2.24, 2.45) is 11.8 Å². The van der Waals surface area contributed by atoms with Crippen LogP contribution < -0.4 is 0 Å². The van der Waals surface area contributed by atoms with E-state index in [9.17, 15) is 0 Å². The van der Waals surface area contributed by atoms with E-state index in [1.165, 1.54) is 32.1 Å². The number of unbranched alkanes of at least 4 members (excludes halogenated alkanes) is 2. The second-order valence-corrected chi connectivity index (χ2v) is 3.43. The predicted octanol–water partition coefficient (Wildman–Crippen LogP) is 2.20. The largest absolute Gasteiger partial charge is 0.396 e. The van der Waals surface area contributed by atoms with E-state index in [0.717, 1.165) is 5.92 Å². The molecule has 0 aromatic heterocycles. The lowest BCUT2D eigenvalue weighted by atomic mass is 10.1. The second kappa shape index (κ2) is 3.97. The second-order valence-electron chi connectivity index (χ2n) is 3.43. The first-order valence-electron chi connectivity index (χ1n) is 4.49. The number of aliphatic hydroxyl groups excluding tert-OH is 1. The molecule has 10 heavy (non-hydrogen) atoms. The van der Waals surface area contributed by atoms with Gasteiger partial charge in [-0.15, -0.1) is 0 Å². The topological polar surface area (TPSA) is 20.2 Å². The average molecular weight is 142 g/mol. The standard InChI is InChI=1S/C9H18O/c1-2-3-4-5-8-6-9(8)7-10/h8-10H,2-7H2,1H3/t8-,9-/m0/s1. The highest BCUT2D eigenvalue weighted by Gasteiger charge is 2.34. The molecule has 1 saturated carbocycles. The summed E-state index contributed by atoms with van der Waals surface area (Å²) in [5, 5.41) is 8.73. The Balaban J connectivity index is 1.87. The first-order chi connectivity index (χ1) is 4.88. The zero-order valence-corrected chi connectivity index (χ0v) is 6.84. The lowest BCUT2D eigenvalue weighted by Gasteiger charge is -1.95. The highest BCUT2D eigenvalue weighted by molar-refractivity contribution is 4.84. The SMILES string of the molecule is CCCCC[C@H]1C[C@H]1CO. The van der Waals surface area contributed by atoms with Crippen LogP contribution in [0.1, 0.15) is 39.0 Å². The molecule has 1 rings (SSSR count). The summed E-state index contributed by atoms with van der Waals surface area (Å²) in [4.78, 5) is 0. The number of hydrogen-bond donors (Lipinski definition) is 1. The molecule has 0 spiro atoms. The van der Waals surface area contributed by atoms with E-state index in [1.54, 1.807) is 0 Å². The van der Waals surface area contributed by atoms with Gasteiger partial charge in [0, 0.05) is 6.61 Å². The third-order valence-electron chi connectivity index (χ3n) is 2.48. The molecule has 1 N–H and O–H groups in total. The van der Waals surface area contributed by atoms with Gasteiger partial charge in [-0.25, -0.2) is 0 Å². The molecule has 1 nitrogen and oxygen atoms in total. The molecule has 60 valence electrons. The summed E-state index contributed by atoms with van der Waals surface area (Å²) in [5.74, 6) is 1.56. The summed E-state index contributed by atoms with van der Waals surface area (Å²) in [6.45, 7) is 2.66. The van der Waals surface area contributed by atoms with E-state index in [1.807, 2.05) is 0 Å².